The minimum Gasteiger partial charge on any atom is -0.497 e. The second kappa shape index (κ2) is 10.0. The first-order valence-electron chi connectivity index (χ1n) is 11.3. The molecule has 172 valence electrons. The lowest BCUT2D eigenvalue weighted by Gasteiger charge is -2.28. The predicted octanol–water partition coefficient (Wildman–Crippen LogP) is 3.63. The Morgan fingerprint density at radius 3 is 2.33 bits per heavy atom. The Morgan fingerprint density at radius 1 is 1.03 bits per heavy atom. The molecule has 0 aliphatic carbocycles. The van der Waals surface area contributed by atoms with Crippen molar-refractivity contribution in [3.05, 3.63) is 77.1 Å². The van der Waals surface area contributed by atoms with Crippen molar-refractivity contribution in [2.24, 2.45) is 0 Å². The molecule has 1 saturated heterocycles. The maximum absolute atomic E-state index is 13.1. The van der Waals surface area contributed by atoms with Gasteiger partial charge in [-0.15, -0.1) is 0 Å². The Labute approximate surface area is 194 Å². The summed E-state index contributed by atoms with van der Waals surface area (Å²) in [5.74, 6) is -0.367. The largest absolute Gasteiger partial charge is 0.497 e. The molecule has 7 heteroatoms. The van der Waals surface area contributed by atoms with Gasteiger partial charge >= 0.3 is 0 Å². The number of likely N-dealkylation sites (tertiary alicyclic amines) is 1. The normalized spacial score (nSPS) is 14.8. The molecule has 1 fully saturated rings. The van der Waals surface area contributed by atoms with Gasteiger partial charge in [0.05, 0.1) is 35.8 Å². The van der Waals surface area contributed by atoms with Crippen LogP contribution in [0.1, 0.15) is 46.2 Å². The summed E-state index contributed by atoms with van der Waals surface area (Å²) < 4.78 is 6.98. The summed E-state index contributed by atoms with van der Waals surface area (Å²) >= 11 is 0. The number of aryl methyl sites for hydroxylation is 1. The number of hydrogen-bond donors (Lipinski definition) is 1. The van der Waals surface area contributed by atoms with E-state index in [1.807, 2.05) is 61.5 Å². The summed E-state index contributed by atoms with van der Waals surface area (Å²) in [6.07, 6.45) is 2.27. The molecule has 2 aromatic carbocycles. The minimum absolute atomic E-state index is 0.00407. The third-order valence-electron chi connectivity index (χ3n) is 6.26. The number of methoxy groups -OCH3 is 1. The van der Waals surface area contributed by atoms with Crippen molar-refractivity contribution < 1.29 is 14.3 Å². The molecule has 0 spiro atoms. The zero-order chi connectivity index (χ0) is 23.4. The van der Waals surface area contributed by atoms with Gasteiger partial charge < -0.3 is 10.1 Å². The number of ketones is 1. The number of nitrogens with one attached hydrogen (secondary N) is 1. The van der Waals surface area contributed by atoms with Gasteiger partial charge in [0.1, 0.15) is 5.75 Å². The molecule has 1 aromatic heterocycles. The van der Waals surface area contributed by atoms with Crippen LogP contribution >= 0.6 is 0 Å². The lowest BCUT2D eigenvalue weighted by molar-refractivity contribution is -0.117. The van der Waals surface area contributed by atoms with Crippen molar-refractivity contribution in [3.63, 3.8) is 0 Å². The molecule has 33 heavy (non-hydrogen) atoms. The van der Waals surface area contributed by atoms with Gasteiger partial charge in [-0.05, 0) is 69.6 Å². The van der Waals surface area contributed by atoms with Crippen LogP contribution in [0.2, 0.25) is 0 Å². The second-order valence-corrected chi connectivity index (χ2v) is 8.36. The predicted molar refractivity (Wildman–Crippen MR) is 127 cm³/mol. The van der Waals surface area contributed by atoms with Crippen molar-refractivity contribution >= 4 is 11.7 Å². The Balaban J connectivity index is 1.51. The maximum atomic E-state index is 13.1. The Kier molecular flexibility index (Phi) is 6.89. The molecule has 2 heterocycles. The van der Waals surface area contributed by atoms with Gasteiger partial charge in [-0.3, -0.25) is 14.5 Å². The number of nitrogens with zero attached hydrogens (tertiary/aromatic N) is 3. The zero-order valence-electron chi connectivity index (χ0n) is 19.4. The summed E-state index contributed by atoms with van der Waals surface area (Å²) in [7, 11) is 1.64. The number of ether oxygens (including phenoxy) is 1. The Bertz CT molecular complexity index is 1120. The van der Waals surface area contributed by atoms with Gasteiger partial charge in [0, 0.05) is 6.54 Å². The number of carbonyl (C=O) groups excluding carboxylic acids is 2. The fourth-order valence-corrected chi connectivity index (χ4v) is 4.51. The number of aromatic nitrogens is 2. The van der Waals surface area contributed by atoms with Crippen LogP contribution in [0.25, 0.3) is 5.69 Å². The van der Waals surface area contributed by atoms with E-state index in [4.69, 9.17) is 4.74 Å². The van der Waals surface area contributed by atoms with E-state index in [1.54, 1.807) is 18.7 Å². The molecule has 1 atom stereocenters. The zero-order valence-corrected chi connectivity index (χ0v) is 19.4. The first kappa shape index (κ1) is 22.7. The average molecular weight is 447 g/mol. The molecule has 1 amide bonds. The lowest BCUT2D eigenvalue weighted by Crippen LogP contribution is -2.39. The van der Waals surface area contributed by atoms with Crippen LogP contribution in [0, 0.1) is 13.8 Å². The van der Waals surface area contributed by atoms with Crippen molar-refractivity contribution in [1.82, 2.24) is 20.0 Å². The summed E-state index contributed by atoms with van der Waals surface area (Å²) in [5, 5.41) is 7.39. The van der Waals surface area contributed by atoms with E-state index >= 15 is 0 Å². The van der Waals surface area contributed by atoms with Gasteiger partial charge in [-0.2, -0.15) is 5.10 Å². The first-order valence-corrected chi connectivity index (χ1v) is 11.3. The standard InChI is InChI=1S/C26H30N4O3/c1-18-24(19(2)30(28-18)21-9-5-4-6-10-21)25(31)26(32)27-17-23(29-15-7-8-16-29)20-11-13-22(33-3)14-12-20/h4-6,9-14,23H,7-8,15-17H2,1-3H3,(H,27,32). The highest BCUT2D eigenvalue weighted by atomic mass is 16.5. The van der Waals surface area contributed by atoms with E-state index in [-0.39, 0.29) is 6.04 Å². The van der Waals surface area contributed by atoms with Gasteiger partial charge in [-0.1, -0.05) is 30.3 Å². The van der Waals surface area contributed by atoms with Gasteiger partial charge in [0.15, 0.2) is 0 Å². The highest BCUT2D eigenvalue weighted by Crippen LogP contribution is 2.26. The number of rotatable bonds is 8. The van der Waals surface area contributed by atoms with Crippen LogP contribution in [-0.4, -0.2) is 53.1 Å². The van der Waals surface area contributed by atoms with Crippen LogP contribution in [0.15, 0.2) is 54.6 Å². The molecule has 0 bridgehead atoms. The van der Waals surface area contributed by atoms with Crippen LogP contribution in [0.3, 0.4) is 0 Å². The molecule has 1 aliphatic heterocycles. The molecular weight excluding hydrogens is 416 g/mol. The van der Waals surface area contributed by atoms with Crippen molar-refractivity contribution in [1.29, 1.82) is 0 Å². The molecule has 1 aliphatic rings. The summed E-state index contributed by atoms with van der Waals surface area (Å²) in [4.78, 5) is 28.4. The Hall–Kier alpha value is -3.45. The van der Waals surface area contributed by atoms with E-state index in [1.165, 1.54) is 0 Å². The molecule has 4 rings (SSSR count). The molecule has 0 radical (unpaired) electrons. The number of carbonyl (C=O) groups is 2. The number of Topliss-reactive ketones (excluding diaryl/α,β-unsaturated/α-hetero) is 1. The van der Waals surface area contributed by atoms with E-state index < -0.39 is 11.7 Å². The molecule has 0 saturated carbocycles. The third kappa shape index (κ3) is 4.83. The summed E-state index contributed by atoms with van der Waals surface area (Å²) in [6, 6.07) is 17.5. The van der Waals surface area contributed by atoms with Crippen molar-refractivity contribution in [2.45, 2.75) is 32.7 Å². The minimum atomic E-state index is -0.605. The smallest absolute Gasteiger partial charge is 0.292 e. The third-order valence-corrected chi connectivity index (χ3v) is 6.26. The van der Waals surface area contributed by atoms with E-state index in [0.717, 1.165) is 42.9 Å². The fraction of sp³-hybridized carbons (Fsp3) is 0.346. The number of para-hydroxylation sites is 1. The van der Waals surface area contributed by atoms with Gasteiger partial charge in [0.25, 0.3) is 11.7 Å². The SMILES string of the molecule is COc1ccc(C(CNC(=O)C(=O)c2c(C)nn(-c3ccccc3)c2C)N2CCCC2)cc1. The quantitative estimate of drug-likeness (QED) is 0.422. The Morgan fingerprint density at radius 2 is 1.70 bits per heavy atom. The molecule has 3 aromatic rings. The van der Waals surface area contributed by atoms with E-state index in [9.17, 15) is 9.59 Å². The van der Waals surface area contributed by atoms with Gasteiger partial charge in [0.2, 0.25) is 0 Å². The van der Waals surface area contributed by atoms with Crippen molar-refractivity contribution in [3.8, 4) is 11.4 Å². The lowest BCUT2D eigenvalue weighted by atomic mass is 10.0. The fourth-order valence-electron chi connectivity index (χ4n) is 4.51. The summed E-state index contributed by atoms with van der Waals surface area (Å²) in [5.41, 5.74) is 3.51. The molecule has 1 N–H and O–H groups in total. The van der Waals surface area contributed by atoms with Crippen LogP contribution in [-0.2, 0) is 4.79 Å². The number of hydrogen-bond acceptors (Lipinski definition) is 5. The number of benzene rings is 2. The molecule has 7 nitrogen and oxygen atoms in total. The van der Waals surface area contributed by atoms with Crippen molar-refractivity contribution in [2.75, 3.05) is 26.7 Å². The topological polar surface area (TPSA) is 76.5 Å². The highest BCUT2D eigenvalue weighted by molar-refractivity contribution is 6.43. The highest BCUT2D eigenvalue weighted by Gasteiger charge is 2.28. The van der Waals surface area contributed by atoms with E-state index in [0.29, 0.717) is 23.5 Å². The monoisotopic (exact) mass is 446 g/mol. The molecular formula is C26H30N4O3. The second-order valence-electron chi connectivity index (χ2n) is 8.36. The van der Waals surface area contributed by atoms with E-state index in [2.05, 4.69) is 15.3 Å². The van der Waals surface area contributed by atoms with Crippen LogP contribution < -0.4 is 10.1 Å². The number of amides is 1. The summed E-state index contributed by atoms with van der Waals surface area (Å²) in [6.45, 7) is 5.89. The van der Waals surface area contributed by atoms with Crippen LogP contribution in [0.4, 0.5) is 0 Å². The average Bonchev–Trinajstić information content (AvgIpc) is 3.47. The first-order chi connectivity index (χ1) is 16.0. The maximum Gasteiger partial charge on any atom is 0.292 e. The molecule has 1 unspecified atom stereocenters. The van der Waals surface area contributed by atoms with Gasteiger partial charge in [-0.25, -0.2) is 4.68 Å². The van der Waals surface area contributed by atoms with Crippen LogP contribution in [0.5, 0.6) is 5.75 Å².